The highest BCUT2D eigenvalue weighted by Gasteiger charge is 1.97. The van der Waals surface area contributed by atoms with E-state index in [1.807, 2.05) is 30.6 Å². The fourth-order valence-corrected chi connectivity index (χ4v) is 1.79. The zero-order valence-corrected chi connectivity index (χ0v) is 7.57. The van der Waals surface area contributed by atoms with Crippen molar-refractivity contribution in [1.82, 2.24) is 4.98 Å². The molecule has 3 aromatic rings. The Bertz CT molecular complexity index is 544. The number of rotatable bonds is 0. The van der Waals surface area contributed by atoms with Gasteiger partial charge in [0.25, 0.3) is 0 Å². The molecule has 0 aliphatic heterocycles. The van der Waals surface area contributed by atoms with Crippen LogP contribution in [0.3, 0.4) is 0 Å². The first-order chi connectivity index (χ1) is 6.95. The molecule has 0 aliphatic carbocycles. The maximum absolute atomic E-state index is 4.11. The molecule has 0 saturated carbocycles. The summed E-state index contributed by atoms with van der Waals surface area (Å²) < 4.78 is 0. The average Bonchev–Trinajstić information content (AvgIpc) is 2.29. The summed E-state index contributed by atoms with van der Waals surface area (Å²) >= 11 is 0. The molecule has 65 valence electrons. The van der Waals surface area contributed by atoms with Gasteiger partial charge < -0.3 is 0 Å². The van der Waals surface area contributed by atoms with Crippen molar-refractivity contribution in [2.45, 2.75) is 0 Å². The summed E-state index contributed by atoms with van der Waals surface area (Å²) in [5.74, 6) is 0. The molecule has 0 atom stereocenters. The van der Waals surface area contributed by atoms with Crippen LogP contribution in [0.25, 0.3) is 21.5 Å². The number of pyridine rings is 1. The molecule has 1 aromatic heterocycles. The Labute approximate surface area is 82.0 Å². The Hall–Kier alpha value is -1.89. The second-order valence-corrected chi connectivity index (χ2v) is 3.31. The number of hydrogen-bond acceptors (Lipinski definition) is 1. The first-order valence-electron chi connectivity index (χ1n) is 4.58. The monoisotopic (exact) mass is 178 g/mol. The molecule has 0 saturated heterocycles. The van der Waals surface area contributed by atoms with Crippen molar-refractivity contribution in [1.29, 1.82) is 0 Å². The van der Waals surface area contributed by atoms with Crippen LogP contribution in [0.2, 0.25) is 0 Å². The molecule has 0 aliphatic rings. The minimum absolute atomic E-state index is 1.18. The molecule has 0 unspecified atom stereocenters. The van der Waals surface area contributed by atoms with E-state index in [0.717, 1.165) is 0 Å². The Morgan fingerprint density at radius 1 is 0.929 bits per heavy atom. The molecule has 2 aromatic carbocycles. The van der Waals surface area contributed by atoms with Gasteiger partial charge in [-0.25, -0.2) is 0 Å². The lowest BCUT2D eigenvalue weighted by molar-refractivity contribution is 1.37. The fourth-order valence-electron chi connectivity index (χ4n) is 1.79. The van der Waals surface area contributed by atoms with Gasteiger partial charge in [0.05, 0.1) is 0 Å². The van der Waals surface area contributed by atoms with Gasteiger partial charge in [0, 0.05) is 17.8 Å². The highest BCUT2D eigenvalue weighted by atomic mass is 14.6. The molecule has 14 heavy (non-hydrogen) atoms. The van der Waals surface area contributed by atoms with E-state index >= 15 is 0 Å². The molecular formula is C13H8N. The van der Waals surface area contributed by atoms with Crippen LogP contribution in [0.1, 0.15) is 0 Å². The molecule has 0 N–H and O–H groups in total. The predicted molar refractivity (Wildman–Crippen MR) is 58.1 cm³/mol. The molecule has 1 radical (unpaired) electrons. The molecular weight excluding hydrogens is 170 g/mol. The van der Waals surface area contributed by atoms with E-state index in [-0.39, 0.29) is 0 Å². The Balaban J connectivity index is 2.61. The summed E-state index contributed by atoms with van der Waals surface area (Å²) in [6.45, 7) is 0. The number of nitrogens with zero attached hydrogens (tertiary/aromatic N) is 1. The zero-order chi connectivity index (χ0) is 9.38. The summed E-state index contributed by atoms with van der Waals surface area (Å²) in [7, 11) is 0. The van der Waals surface area contributed by atoms with Crippen molar-refractivity contribution < 1.29 is 0 Å². The van der Waals surface area contributed by atoms with E-state index in [2.05, 4.69) is 29.2 Å². The van der Waals surface area contributed by atoms with E-state index in [1.165, 1.54) is 21.5 Å². The van der Waals surface area contributed by atoms with E-state index in [4.69, 9.17) is 0 Å². The molecule has 0 spiro atoms. The number of fused-ring (bicyclic) bond motifs is 3. The highest BCUT2D eigenvalue weighted by Crippen LogP contribution is 2.23. The van der Waals surface area contributed by atoms with Crippen LogP contribution in [0.5, 0.6) is 0 Å². The Morgan fingerprint density at radius 3 is 2.86 bits per heavy atom. The number of benzene rings is 2. The second-order valence-electron chi connectivity index (χ2n) is 3.31. The lowest BCUT2D eigenvalue weighted by atomic mass is 10.0. The van der Waals surface area contributed by atoms with Crippen LogP contribution in [-0.4, -0.2) is 4.98 Å². The molecule has 3 rings (SSSR count). The topological polar surface area (TPSA) is 12.9 Å². The average molecular weight is 178 g/mol. The molecule has 0 fully saturated rings. The lowest BCUT2D eigenvalue weighted by Crippen LogP contribution is -1.78. The van der Waals surface area contributed by atoms with Gasteiger partial charge in [-0.1, -0.05) is 24.3 Å². The van der Waals surface area contributed by atoms with E-state index in [0.29, 0.717) is 0 Å². The number of hydrogen-bond donors (Lipinski definition) is 0. The van der Waals surface area contributed by atoms with Gasteiger partial charge in [-0.15, -0.1) is 0 Å². The van der Waals surface area contributed by atoms with E-state index in [9.17, 15) is 0 Å². The van der Waals surface area contributed by atoms with Crippen molar-refractivity contribution in [2.24, 2.45) is 0 Å². The zero-order valence-electron chi connectivity index (χ0n) is 7.57. The van der Waals surface area contributed by atoms with Crippen LogP contribution in [0.4, 0.5) is 0 Å². The Kier molecular flexibility index (Phi) is 1.51. The van der Waals surface area contributed by atoms with Crippen molar-refractivity contribution in [2.75, 3.05) is 0 Å². The Morgan fingerprint density at radius 2 is 1.86 bits per heavy atom. The summed E-state index contributed by atoms with van der Waals surface area (Å²) in [5.41, 5.74) is 0. The fraction of sp³-hybridized carbons (Fsp3) is 0. The molecule has 1 nitrogen and oxygen atoms in total. The molecule has 1 heteroatoms. The van der Waals surface area contributed by atoms with E-state index < -0.39 is 0 Å². The minimum Gasteiger partial charge on any atom is -0.264 e. The third-order valence-corrected chi connectivity index (χ3v) is 2.48. The van der Waals surface area contributed by atoms with Gasteiger partial charge in [0.1, 0.15) is 0 Å². The van der Waals surface area contributed by atoms with Crippen molar-refractivity contribution in [3.05, 3.63) is 54.9 Å². The van der Waals surface area contributed by atoms with Crippen LogP contribution >= 0.6 is 0 Å². The maximum Gasteiger partial charge on any atom is 0.0346 e. The first-order valence-corrected chi connectivity index (χ1v) is 4.58. The quantitative estimate of drug-likeness (QED) is 0.482. The largest absolute Gasteiger partial charge is 0.264 e. The van der Waals surface area contributed by atoms with Gasteiger partial charge in [-0.05, 0) is 34.4 Å². The summed E-state index contributed by atoms with van der Waals surface area (Å²) in [4.78, 5) is 4.11. The van der Waals surface area contributed by atoms with Crippen LogP contribution in [0, 0.1) is 6.07 Å². The maximum atomic E-state index is 4.11. The van der Waals surface area contributed by atoms with Crippen molar-refractivity contribution in [3.8, 4) is 0 Å². The smallest absolute Gasteiger partial charge is 0.0346 e. The van der Waals surface area contributed by atoms with Gasteiger partial charge >= 0.3 is 0 Å². The lowest BCUT2D eigenvalue weighted by Gasteiger charge is -2.01. The highest BCUT2D eigenvalue weighted by molar-refractivity contribution is 6.06. The summed E-state index contributed by atoms with van der Waals surface area (Å²) in [6.07, 6.45) is 3.72. The van der Waals surface area contributed by atoms with Gasteiger partial charge in [-0.2, -0.15) is 0 Å². The third kappa shape index (κ3) is 0.990. The molecule has 0 amide bonds. The van der Waals surface area contributed by atoms with Crippen LogP contribution in [-0.2, 0) is 0 Å². The normalized spacial score (nSPS) is 10.9. The second kappa shape index (κ2) is 2.81. The van der Waals surface area contributed by atoms with E-state index in [1.54, 1.807) is 0 Å². The standard InChI is InChI=1S/C13H8N/c1-2-4-12-10(3-1)5-6-11-9-14-8-7-13(11)12/h1,3-9H. The summed E-state index contributed by atoms with van der Waals surface area (Å²) in [6, 6.07) is 15.4. The predicted octanol–water partition coefficient (Wildman–Crippen LogP) is 3.19. The third-order valence-electron chi connectivity index (χ3n) is 2.48. The minimum atomic E-state index is 1.18. The van der Waals surface area contributed by atoms with Crippen molar-refractivity contribution in [3.63, 3.8) is 0 Å². The van der Waals surface area contributed by atoms with Gasteiger partial charge in [-0.3, -0.25) is 4.98 Å². The molecule has 1 heterocycles. The molecule has 0 bridgehead atoms. The number of aromatic nitrogens is 1. The summed E-state index contributed by atoms with van der Waals surface area (Å²) in [5, 5.41) is 4.92. The first kappa shape index (κ1) is 7.51. The van der Waals surface area contributed by atoms with Gasteiger partial charge in [0.15, 0.2) is 0 Å². The van der Waals surface area contributed by atoms with Crippen LogP contribution in [0.15, 0.2) is 48.8 Å². The van der Waals surface area contributed by atoms with Gasteiger partial charge in [0.2, 0.25) is 0 Å². The van der Waals surface area contributed by atoms with Crippen LogP contribution < -0.4 is 0 Å². The SMILES string of the molecule is [c]1ccc2ccc3cnccc3c2c1. The van der Waals surface area contributed by atoms with Crippen molar-refractivity contribution >= 4 is 21.5 Å².